The molecule has 2 aliphatic heterocycles. The van der Waals surface area contributed by atoms with E-state index in [-0.39, 0.29) is 0 Å². The Bertz CT molecular complexity index is 844. The maximum absolute atomic E-state index is 5.56. The zero-order chi connectivity index (χ0) is 18.6. The molecule has 27 heavy (non-hydrogen) atoms. The summed E-state index contributed by atoms with van der Waals surface area (Å²) in [6.07, 6.45) is 4.48. The number of nitrogens with one attached hydrogen (secondary N) is 2. The molecule has 4 rings (SSSR count). The molecule has 2 N–H and O–H groups in total. The highest BCUT2D eigenvalue weighted by molar-refractivity contribution is 7.80. The first kappa shape index (κ1) is 17.7. The molecule has 0 amide bonds. The minimum absolute atomic E-state index is 0.663. The van der Waals surface area contributed by atoms with E-state index in [1.807, 2.05) is 36.7 Å². The van der Waals surface area contributed by atoms with Gasteiger partial charge >= 0.3 is 0 Å². The van der Waals surface area contributed by atoms with Gasteiger partial charge < -0.3 is 15.1 Å². The van der Waals surface area contributed by atoms with Crippen molar-refractivity contribution < 1.29 is 0 Å². The van der Waals surface area contributed by atoms with Crippen molar-refractivity contribution in [2.24, 2.45) is 5.10 Å². The molecular weight excluding hydrogens is 358 g/mol. The van der Waals surface area contributed by atoms with Crippen LogP contribution < -0.4 is 15.6 Å². The van der Waals surface area contributed by atoms with Gasteiger partial charge in [-0.05, 0) is 42.9 Å². The van der Waals surface area contributed by atoms with Crippen molar-refractivity contribution in [2.75, 3.05) is 42.9 Å². The first-order chi connectivity index (χ1) is 13.2. The molecule has 0 unspecified atom stereocenters. The van der Waals surface area contributed by atoms with Gasteiger partial charge in [-0.1, -0.05) is 6.07 Å². The van der Waals surface area contributed by atoms with Crippen molar-refractivity contribution >= 4 is 34.5 Å². The molecule has 0 aromatic carbocycles. The Kier molecular flexibility index (Phi) is 5.15. The summed E-state index contributed by atoms with van der Waals surface area (Å²) in [5, 5.41) is 8.64. The number of piperazine rings is 1. The van der Waals surface area contributed by atoms with Crippen LogP contribution in [-0.2, 0) is 0 Å². The van der Waals surface area contributed by atoms with Crippen LogP contribution in [0.15, 0.2) is 41.8 Å². The van der Waals surface area contributed by atoms with Gasteiger partial charge in [0.2, 0.25) is 0 Å². The second-order valence-electron chi connectivity index (χ2n) is 6.67. The molecule has 0 bridgehead atoms. The Morgan fingerprint density at radius 2 is 2.00 bits per heavy atom. The van der Waals surface area contributed by atoms with E-state index in [0.29, 0.717) is 5.11 Å². The van der Waals surface area contributed by atoms with Crippen LogP contribution in [0.25, 0.3) is 0 Å². The summed E-state index contributed by atoms with van der Waals surface area (Å²) >= 11 is 5.56. The Balaban J connectivity index is 1.37. The fourth-order valence-corrected chi connectivity index (χ4v) is 3.63. The predicted molar refractivity (Wildman–Crippen MR) is 112 cm³/mol. The third kappa shape index (κ3) is 3.85. The number of aryl methyl sites for hydroxylation is 1. The van der Waals surface area contributed by atoms with Gasteiger partial charge in [-0.2, -0.15) is 5.10 Å². The SMILES string of the molecule is Cc1ccnc2c1NCC/C2=N/NC(=S)N1CCN(c2ccccn2)CC1. The van der Waals surface area contributed by atoms with Crippen molar-refractivity contribution in [3.8, 4) is 0 Å². The third-order valence-electron chi connectivity index (χ3n) is 4.92. The number of hydrazone groups is 1. The summed E-state index contributed by atoms with van der Waals surface area (Å²) in [4.78, 5) is 13.3. The number of fused-ring (bicyclic) bond motifs is 1. The molecule has 2 aliphatic rings. The normalized spacial score (nSPS) is 18.0. The summed E-state index contributed by atoms with van der Waals surface area (Å²) in [7, 11) is 0. The first-order valence-corrected chi connectivity index (χ1v) is 9.60. The second kappa shape index (κ2) is 7.87. The van der Waals surface area contributed by atoms with Crippen molar-refractivity contribution in [2.45, 2.75) is 13.3 Å². The van der Waals surface area contributed by atoms with E-state index < -0.39 is 0 Å². The number of rotatable bonds is 2. The standard InChI is InChI=1S/C19H23N7S/c1-14-5-8-22-18-15(6-9-21-17(14)18)23-24-19(27)26-12-10-25(11-13-26)16-4-2-3-7-20-16/h2-5,7-8,21H,6,9-13H2,1H3,(H,24,27)/b23-15-. The molecule has 8 heteroatoms. The van der Waals surface area contributed by atoms with E-state index in [9.17, 15) is 0 Å². The van der Waals surface area contributed by atoms with E-state index >= 15 is 0 Å². The number of aromatic nitrogens is 2. The molecule has 0 aliphatic carbocycles. The maximum Gasteiger partial charge on any atom is 0.189 e. The van der Waals surface area contributed by atoms with Gasteiger partial charge in [0.1, 0.15) is 11.5 Å². The predicted octanol–water partition coefficient (Wildman–Crippen LogP) is 2.00. The molecule has 2 aromatic heterocycles. The van der Waals surface area contributed by atoms with Gasteiger partial charge in [-0.15, -0.1) is 0 Å². The van der Waals surface area contributed by atoms with Crippen LogP contribution in [0.4, 0.5) is 11.5 Å². The molecule has 2 aromatic rings. The lowest BCUT2D eigenvalue weighted by atomic mass is 10.0. The summed E-state index contributed by atoms with van der Waals surface area (Å²) in [6.45, 7) is 6.42. The van der Waals surface area contributed by atoms with Crippen LogP contribution in [-0.4, -0.2) is 58.4 Å². The highest BCUT2D eigenvalue weighted by atomic mass is 32.1. The van der Waals surface area contributed by atoms with Crippen LogP contribution in [0, 0.1) is 6.92 Å². The highest BCUT2D eigenvalue weighted by Crippen LogP contribution is 2.23. The van der Waals surface area contributed by atoms with Gasteiger partial charge in [0.05, 0.1) is 11.4 Å². The van der Waals surface area contributed by atoms with Crippen molar-refractivity contribution in [3.63, 3.8) is 0 Å². The molecule has 1 fully saturated rings. The topological polar surface area (TPSA) is 68.7 Å². The lowest BCUT2D eigenvalue weighted by Gasteiger charge is -2.36. The van der Waals surface area contributed by atoms with Crippen LogP contribution in [0.3, 0.4) is 0 Å². The number of hydrogen-bond acceptors (Lipinski definition) is 6. The van der Waals surface area contributed by atoms with E-state index in [1.54, 1.807) is 0 Å². The average molecular weight is 382 g/mol. The molecule has 0 atom stereocenters. The van der Waals surface area contributed by atoms with Gasteiger partial charge in [-0.3, -0.25) is 10.4 Å². The largest absolute Gasteiger partial charge is 0.383 e. The zero-order valence-electron chi connectivity index (χ0n) is 15.4. The van der Waals surface area contributed by atoms with Gasteiger partial charge in [0.25, 0.3) is 0 Å². The Morgan fingerprint density at radius 3 is 2.78 bits per heavy atom. The Morgan fingerprint density at radius 1 is 1.15 bits per heavy atom. The number of nitrogens with zero attached hydrogens (tertiary/aromatic N) is 5. The van der Waals surface area contributed by atoms with Crippen molar-refractivity contribution in [1.82, 2.24) is 20.3 Å². The van der Waals surface area contributed by atoms with Gasteiger partial charge in [0.15, 0.2) is 5.11 Å². The lowest BCUT2D eigenvalue weighted by Crippen LogP contribution is -2.51. The molecule has 140 valence electrons. The Hall–Kier alpha value is -2.74. The number of pyridine rings is 2. The fourth-order valence-electron chi connectivity index (χ4n) is 3.40. The van der Waals surface area contributed by atoms with Crippen LogP contribution in [0.2, 0.25) is 0 Å². The smallest absolute Gasteiger partial charge is 0.189 e. The lowest BCUT2D eigenvalue weighted by molar-refractivity contribution is 0.380. The summed E-state index contributed by atoms with van der Waals surface area (Å²) < 4.78 is 0. The number of anilines is 2. The van der Waals surface area contributed by atoms with Crippen LogP contribution >= 0.6 is 12.2 Å². The number of thiocarbonyl (C=S) groups is 1. The van der Waals surface area contributed by atoms with E-state index in [0.717, 1.165) is 62.1 Å². The van der Waals surface area contributed by atoms with Crippen molar-refractivity contribution in [3.05, 3.63) is 47.9 Å². The van der Waals surface area contributed by atoms with Gasteiger partial charge in [0, 0.05) is 51.5 Å². The van der Waals surface area contributed by atoms with Crippen molar-refractivity contribution in [1.29, 1.82) is 0 Å². The molecule has 0 radical (unpaired) electrons. The molecule has 0 saturated carbocycles. The molecule has 1 saturated heterocycles. The molecular formula is C19H23N7S. The second-order valence-corrected chi connectivity index (χ2v) is 7.05. The summed E-state index contributed by atoms with van der Waals surface area (Å²) in [6, 6.07) is 8.01. The third-order valence-corrected chi connectivity index (χ3v) is 5.27. The first-order valence-electron chi connectivity index (χ1n) is 9.19. The average Bonchev–Trinajstić information content (AvgIpc) is 2.73. The van der Waals surface area contributed by atoms with Crippen LogP contribution in [0.1, 0.15) is 17.7 Å². The zero-order valence-corrected chi connectivity index (χ0v) is 16.2. The minimum Gasteiger partial charge on any atom is -0.383 e. The summed E-state index contributed by atoms with van der Waals surface area (Å²) in [5.41, 5.74) is 7.19. The maximum atomic E-state index is 5.56. The number of hydrogen-bond donors (Lipinski definition) is 2. The van der Waals surface area contributed by atoms with E-state index in [2.05, 4.69) is 42.5 Å². The monoisotopic (exact) mass is 381 g/mol. The molecule has 0 spiro atoms. The highest BCUT2D eigenvalue weighted by Gasteiger charge is 2.21. The van der Waals surface area contributed by atoms with Crippen LogP contribution in [0.5, 0.6) is 0 Å². The molecule has 4 heterocycles. The fraction of sp³-hybridized carbons (Fsp3) is 0.368. The molecule has 7 nitrogen and oxygen atoms in total. The van der Waals surface area contributed by atoms with E-state index in [4.69, 9.17) is 12.2 Å². The Labute approximate surface area is 164 Å². The summed E-state index contributed by atoms with van der Waals surface area (Å²) in [5.74, 6) is 1.02. The quantitative estimate of drug-likeness (QED) is 0.609. The minimum atomic E-state index is 0.663. The van der Waals surface area contributed by atoms with E-state index in [1.165, 1.54) is 5.56 Å². The van der Waals surface area contributed by atoms with Gasteiger partial charge in [-0.25, -0.2) is 4.98 Å².